The van der Waals surface area contributed by atoms with Crippen molar-refractivity contribution in [2.75, 3.05) is 19.4 Å². The predicted molar refractivity (Wildman–Crippen MR) is 67.9 cm³/mol. The van der Waals surface area contributed by atoms with Crippen LogP contribution in [0.3, 0.4) is 0 Å². The number of hydrogen-bond donors (Lipinski definition) is 1. The molecule has 1 aromatic rings. The molecule has 0 unspecified atom stereocenters. The SMILES string of the molecule is COC(=O)c1ccc(C(=O)NC2=NCCS2)s1. The summed E-state index contributed by atoms with van der Waals surface area (Å²) in [5, 5.41) is 3.34. The normalized spacial score (nSPS) is 14.3. The van der Waals surface area contributed by atoms with Gasteiger partial charge in [0.25, 0.3) is 5.91 Å². The van der Waals surface area contributed by atoms with Crippen molar-refractivity contribution < 1.29 is 14.3 Å². The van der Waals surface area contributed by atoms with Gasteiger partial charge in [-0.3, -0.25) is 9.79 Å². The van der Waals surface area contributed by atoms with E-state index in [0.717, 1.165) is 23.6 Å². The smallest absolute Gasteiger partial charge is 0.348 e. The van der Waals surface area contributed by atoms with E-state index in [1.54, 1.807) is 12.1 Å². The Balaban J connectivity index is 2.04. The second kappa shape index (κ2) is 5.33. The first-order valence-electron chi connectivity index (χ1n) is 4.87. The van der Waals surface area contributed by atoms with Crippen LogP contribution in [-0.4, -0.2) is 36.5 Å². The van der Waals surface area contributed by atoms with Gasteiger partial charge in [-0.25, -0.2) is 4.79 Å². The van der Waals surface area contributed by atoms with Crippen LogP contribution in [0.25, 0.3) is 0 Å². The highest BCUT2D eigenvalue weighted by molar-refractivity contribution is 8.14. The fourth-order valence-electron chi connectivity index (χ4n) is 1.24. The number of methoxy groups -OCH3 is 1. The number of carbonyl (C=O) groups is 2. The molecule has 1 amide bonds. The summed E-state index contributed by atoms with van der Waals surface area (Å²) in [5.74, 6) is 0.230. The zero-order valence-electron chi connectivity index (χ0n) is 9.06. The number of thiophene rings is 1. The molecule has 7 heteroatoms. The standard InChI is InChI=1S/C10H10N2O3S2/c1-15-9(14)7-3-2-6(17-7)8(13)12-10-11-4-5-16-10/h2-3H,4-5H2,1H3,(H,11,12,13). The van der Waals surface area contributed by atoms with Gasteiger partial charge in [0.2, 0.25) is 0 Å². The number of carbonyl (C=O) groups excluding carboxylic acids is 2. The van der Waals surface area contributed by atoms with Gasteiger partial charge in [-0.2, -0.15) is 0 Å². The molecule has 1 aliphatic heterocycles. The van der Waals surface area contributed by atoms with E-state index >= 15 is 0 Å². The van der Waals surface area contributed by atoms with Gasteiger partial charge in [-0.15, -0.1) is 11.3 Å². The van der Waals surface area contributed by atoms with Gasteiger partial charge in [-0.05, 0) is 12.1 Å². The summed E-state index contributed by atoms with van der Waals surface area (Å²) in [4.78, 5) is 28.0. The van der Waals surface area contributed by atoms with Gasteiger partial charge in [0.15, 0.2) is 5.17 Å². The van der Waals surface area contributed by atoms with Crippen LogP contribution < -0.4 is 5.32 Å². The molecular formula is C10H10N2O3S2. The summed E-state index contributed by atoms with van der Waals surface area (Å²) in [6.07, 6.45) is 0. The number of aliphatic imine (C=N–C) groups is 1. The van der Waals surface area contributed by atoms with Crippen molar-refractivity contribution in [2.24, 2.45) is 4.99 Å². The largest absolute Gasteiger partial charge is 0.465 e. The summed E-state index contributed by atoms with van der Waals surface area (Å²) in [6.45, 7) is 0.734. The number of ether oxygens (including phenoxy) is 1. The third-order valence-electron chi connectivity index (χ3n) is 2.02. The highest BCUT2D eigenvalue weighted by Crippen LogP contribution is 2.18. The molecule has 2 heterocycles. The van der Waals surface area contributed by atoms with Gasteiger partial charge >= 0.3 is 5.97 Å². The van der Waals surface area contributed by atoms with Gasteiger partial charge < -0.3 is 10.1 Å². The Bertz CT molecular complexity index is 482. The Morgan fingerprint density at radius 3 is 2.82 bits per heavy atom. The topological polar surface area (TPSA) is 67.8 Å². The highest BCUT2D eigenvalue weighted by atomic mass is 32.2. The number of thioether (sulfide) groups is 1. The second-order valence-corrected chi connectivity index (χ2v) is 5.31. The maximum Gasteiger partial charge on any atom is 0.348 e. The second-order valence-electron chi connectivity index (χ2n) is 3.14. The predicted octanol–water partition coefficient (Wildman–Crippen LogP) is 1.37. The zero-order chi connectivity index (χ0) is 12.3. The monoisotopic (exact) mass is 270 g/mol. The third-order valence-corrected chi connectivity index (χ3v) is 3.98. The van der Waals surface area contributed by atoms with E-state index in [0.29, 0.717) is 14.9 Å². The molecule has 1 N–H and O–H groups in total. The van der Waals surface area contributed by atoms with E-state index in [2.05, 4.69) is 15.0 Å². The lowest BCUT2D eigenvalue weighted by Crippen LogP contribution is -2.26. The lowest BCUT2D eigenvalue weighted by molar-refractivity contribution is 0.0606. The molecule has 5 nitrogen and oxygen atoms in total. The molecular weight excluding hydrogens is 260 g/mol. The van der Waals surface area contributed by atoms with Crippen LogP contribution in [0.15, 0.2) is 17.1 Å². The molecule has 0 aromatic carbocycles. The van der Waals surface area contributed by atoms with Crippen molar-refractivity contribution in [1.29, 1.82) is 0 Å². The molecule has 17 heavy (non-hydrogen) atoms. The molecule has 0 spiro atoms. The Morgan fingerprint density at radius 2 is 2.18 bits per heavy atom. The van der Waals surface area contributed by atoms with Gasteiger partial charge in [0, 0.05) is 5.75 Å². The third kappa shape index (κ3) is 2.86. The molecule has 0 fully saturated rings. The van der Waals surface area contributed by atoms with Crippen LogP contribution >= 0.6 is 23.1 Å². The minimum absolute atomic E-state index is 0.238. The average molecular weight is 270 g/mol. The molecule has 1 aromatic heterocycles. The fourth-order valence-corrected chi connectivity index (χ4v) is 2.78. The Hall–Kier alpha value is -1.34. The highest BCUT2D eigenvalue weighted by Gasteiger charge is 2.16. The lowest BCUT2D eigenvalue weighted by atomic mass is 10.4. The van der Waals surface area contributed by atoms with Crippen molar-refractivity contribution in [3.63, 3.8) is 0 Å². The van der Waals surface area contributed by atoms with E-state index in [-0.39, 0.29) is 5.91 Å². The van der Waals surface area contributed by atoms with Crippen LogP contribution in [0, 0.1) is 0 Å². The first-order chi connectivity index (χ1) is 8.20. The van der Waals surface area contributed by atoms with Crippen LogP contribution in [0.1, 0.15) is 19.3 Å². The van der Waals surface area contributed by atoms with Gasteiger partial charge in [0.1, 0.15) is 4.88 Å². The number of hydrogen-bond acceptors (Lipinski definition) is 6. The molecule has 0 atom stereocenters. The van der Waals surface area contributed by atoms with Gasteiger partial charge in [0.05, 0.1) is 18.5 Å². The van der Waals surface area contributed by atoms with Crippen LogP contribution in [0.4, 0.5) is 0 Å². The van der Waals surface area contributed by atoms with Crippen molar-refractivity contribution in [1.82, 2.24) is 5.32 Å². The summed E-state index contributed by atoms with van der Waals surface area (Å²) in [5.41, 5.74) is 0. The molecule has 90 valence electrons. The molecule has 0 saturated heterocycles. The molecule has 2 rings (SSSR count). The van der Waals surface area contributed by atoms with E-state index in [1.807, 2.05) is 0 Å². The number of amidine groups is 1. The Kier molecular flexibility index (Phi) is 3.80. The fraction of sp³-hybridized carbons (Fsp3) is 0.300. The average Bonchev–Trinajstić information content (AvgIpc) is 2.98. The number of esters is 1. The number of nitrogens with one attached hydrogen (secondary N) is 1. The number of nitrogens with zero attached hydrogens (tertiary/aromatic N) is 1. The van der Waals surface area contributed by atoms with Crippen molar-refractivity contribution in [3.8, 4) is 0 Å². The summed E-state index contributed by atoms with van der Waals surface area (Å²) < 4.78 is 4.57. The molecule has 0 aliphatic carbocycles. The zero-order valence-corrected chi connectivity index (χ0v) is 10.7. The summed E-state index contributed by atoms with van der Waals surface area (Å²) in [6, 6.07) is 3.18. The van der Waals surface area contributed by atoms with Crippen molar-refractivity contribution >= 4 is 40.1 Å². The molecule has 0 saturated carbocycles. The van der Waals surface area contributed by atoms with Crippen molar-refractivity contribution in [2.45, 2.75) is 0 Å². The molecule has 0 bridgehead atoms. The molecule has 0 radical (unpaired) electrons. The van der Waals surface area contributed by atoms with E-state index in [4.69, 9.17) is 0 Å². The number of rotatable bonds is 2. The van der Waals surface area contributed by atoms with E-state index in [9.17, 15) is 9.59 Å². The molecule has 1 aliphatic rings. The first-order valence-corrected chi connectivity index (χ1v) is 6.67. The first kappa shape index (κ1) is 12.1. The van der Waals surface area contributed by atoms with E-state index < -0.39 is 5.97 Å². The maximum absolute atomic E-state index is 11.8. The quantitative estimate of drug-likeness (QED) is 0.824. The maximum atomic E-state index is 11.8. The Labute approximate surface area is 106 Å². The van der Waals surface area contributed by atoms with Crippen LogP contribution in [0.5, 0.6) is 0 Å². The van der Waals surface area contributed by atoms with Crippen molar-refractivity contribution in [3.05, 3.63) is 21.9 Å². The lowest BCUT2D eigenvalue weighted by Gasteiger charge is -2.00. The minimum atomic E-state index is -0.429. The Morgan fingerprint density at radius 1 is 1.41 bits per heavy atom. The van der Waals surface area contributed by atoms with Crippen LogP contribution in [0.2, 0.25) is 0 Å². The minimum Gasteiger partial charge on any atom is -0.465 e. The van der Waals surface area contributed by atoms with Gasteiger partial charge in [-0.1, -0.05) is 11.8 Å². The van der Waals surface area contributed by atoms with Crippen LogP contribution in [-0.2, 0) is 4.74 Å². The summed E-state index contributed by atoms with van der Waals surface area (Å²) >= 11 is 2.62. The van der Waals surface area contributed by atoms with E-state index in [1.165, 1.54) is 18.9 Å². The number of amides is 1. The summed E-state index contributed by atoms with van der Waals surface area (Å²) in [7, 11) is 1.31.